The second-order valence-electron chi connectivity index (χ2n) is 13.9. The first-order valence-electron chi connectivity index (χ1n) is 12.7. The molecule has 2 aliphatic carbocycles. The van der Waals surface area contributed by atoms with Gasteiger partial charge in [-0.25, -0.2) is 9.55 Å². The van der Waals surface area contributed by atoms with E-state index >= 15 is 0 Å². The largest absolute Gasteiger partial charge is 0.299 e. The highest BCUT2D eigenvalue weighted by atomic mass is 15.3. The molecule has 1 fully saturated rings. The summed E-state index contributed by atoms with van der Waals surface area (Å²) in [7, 11) is 0. The van der Waals surface area contributed by atoms with Gasteiger partial charge in [-0.05, 0) is 71.6 Å². The molecule has 2 aromatic heterocycles. The molecule has 4 aromatic rings. The molecule has 174 valence electrons. The summed E-state index contributed by atoms with van der Waals surface area (Å²) in [5.41, 5.74) is 10.7. The third kappa shape index (κ3) is 1.93. The Morgan fingerprint density at radius 2 is 1.59 bits per heavy atom. The van der Waals surface area contributed by atoms with Gasteiger partial charge in [0, 0.05) is 5.41 Å². The molecule has 0 N–H and O–H groups in total. The Balaban J connectivity index is 1.81. The number of aromatic nitrogens is 3. The summed E-state index contributed by atoms with van der Waals surface area (Å²) in [6.07, 6.45) is 1.17. The molecule has 2 unspecified atom stereocenters. The minimum absolute atomic E-state index is 0.0717. The van der Waals surface area contributed by atoms with Crippen LogP contribution < -0.4 is 4.57 Å². The number of imidazole rings is 1. The number of benzene rings is 2. The SMILES string of the molecule is C=C1C2(C)c3cccc4nc(C(C)(C)C)n5c6cc7c(cc6[n+](c5c34)C12C)C(C)(C)CC7(C)C. The maximum Gasteiger partial charge on any atom is 0.299 e. The first-order chi connectivity index (χ1) is 15.7. The zero-order valence-corrected chi connectivity index (χ0v) is 22.1. The van der Waals surface area contributed by atoms with Crippen molar-refractivity contribution < 1.29 is 4.57 Å². The fourth-order valence-corrected chi connectivity index (χ4v) is 8.06. The van der Waals surface area contributed by atoms with Crippen molar-refractivity contribution in [1.29, 1.82) is 0 Å². The lowest BCUT2D eigenvalue weighted by Gasteiger charge is -2.24. The van der Waals surface area contributed by atoms with E-state index in [9.17, 15) is 0 Å². The maximum atomic E-state index is 5.34. The Morgan fingerprint density at radius 1 is 0.941 bits per heavy atom. The summed E-state index contributed by atoms with van der Waals surface area (Å²) in [4.78, 5) is 5.34. The summed E-state index contributed by atoms with van der Waals surface area (Å²) in [5.74, 6) is 1.13. The van der Waals surface area contributed by atoms with Gasteiger partial charge in [0.1, 0.15) is 5.54 Å². The number of rotatable bonds is 0. The average Bonchev–Trinajstić information content (AvgIpc) is 2.98. The predicted molar refractivity (Wildman–Crippen MR) is 140 cm³/mol. The number of allylic oxidation sites excluding steroid dienone is 1. The van der Waals surface area contributed by atoms with Gasteiger partial charge in [0.05, 0.1) is 16.3 Å². The monoisotopic (exact) mass is 450 g/mol. The molecule has 3 heterocycles. The van der Waals surface area contributed by atoms with E-state index in [2.05, 4.69) is 108 Å². The van der Waals surface area contributed by atoms with E-state index in [0.717, 1.165) is 11.3 Å². The van der Waals surface area contributed by atoms with Crippen LogP contribution in [-0.4, -0.2) is 9.38 Å². The van der Waals surface area contributed by atoms with Crippen molar-refractivity contribution in [2.45, 2.75) is 95.9 Å². The Hall–Kier alpha value is -2.68. The molecule has 0 amide bonds. The van der Waals surface area contributed by atoms with E-state index in [0.29, 0.717) is 0 Å². The van der Waals surface area contributed by atoms with Gasteiger partial charge in [0.15, 0.2) is 11.0 Å². The lowest BCUT2D eigenvalue weighted by molar-refractivity contribution is -0.688. The standard InChI is InChI=1S/C31H36N3/c1-17-30(9)18-12-11-13-21-24(18)25-33(26(32-21)27(2,3)4)22-14-19-20(29(7,8)16-28(19,5)6)15-23(22)34(25)31(17,30)10/h11-15H,1,16H2,2-10H3/q+1. The van der Waals surface area contributed by atoms with Crippen LogP contribution in [0, 0.1) is 0 Å². The first-order valence-corrected chi connectivity index (χ1v) is 12.7. The van der Waals surface area contributed by atoms with Crippen molar-refractivity contribution >= 4 is 27.6 Å². The van der Waals surface area contributed by atoms with Crippen LogP contribution in [0.25, 0.3) is 27.6 Å². The summed E-state index contributed by atoms with van der Waals surface area (Å²) in [5, 5.41) is 1.30. The van der Waals surface area contributed by atoms with E-state index < -0.39 is 0 Å². The van der Waals surface area contributed by atoms with Crippen molar-refractivity contribution in [3.8, 4) is 0 Å². The molecule has 0 spiro atoms. The summed E-state index contributed by atoms with van der Waals surface area (Å²) in [6.45, 7) is 25.9. The lowest BCUT2D eigenvalue weighted by atomic mass is 9.82. The Morgan fingerprint density at radius 3 is 2.24 bits per heavy atom. The molecule has 0 bridgehead atoms. The summed E-state index contributed by atoms with van der Waals surface area (Å²) < 4.78 is 5.14. The van der Waals surface area contributed by atoms with Crippen LogP contribution in [0.4, 0.5) is 0 Å². The minimum Gasteiger partial charge on any atom is -0.212 e. The fraction of sp³-hybridized carbons (Fsp3) is 0.484. The molecular formula is C31H36N3+. The van der Waals surface area contributed by atoms with Gasteiger partial charge in [-0.1, -0.05) is 67.2 Å². The van der Waals surface area contributed by atoms with Crippen LogP contribution in [0.5, 0.6) is 0 Å². The second-order valence-corrected chi connectivity index (χ2v) is 13.9. The molecule has 2 atom stereocenters. The zero-order valence-electron chi connectivity index (χ0n) is 22.1. The van der Waals surface area contributed by atoms with Crippen LogP contribution >= 0.6 is 0 Å². The highest BCUT2D eigenvalue weighted by molar-refractivity contribution is 6.00. The third-order valence-electron chi connectivity index (χ3n) is 9.83. The molecule has 0 saturated heterocycles. The van der Waals surface area contributed by atoms with Crippen molar-refractivity contribution in [2.75, 3.05) is 0 Å². The van der Waals surface area contributed by atoms with Gasteiger partial charge in [-0.3, -0.25) is 0 Å². The molecule has 3 heteroatoms. The van der Waals surface area contributed by atoms with Gasteiger partial charge in [-0.15, -0.1) is 0 Å². The summed E-state index contributed by atoms with van der Waals surface area (Å²) >= 11 is 0. The third-order valence-corrected chi connectivity index (χ3v) is 9.83. The maximum absolute atomic E-state index is 5.34. The van der Waals surface area contributed by atoms with Crippen molar-refractivity contribution in [3.05, 3.63) is 65.0 Å². The molecule has 7 rings (SSSR count). The highest BCUT2D eigenvalue weighted by Crippen LogP contribution is 2.67. The number of hydrogen-bond donors (Lipinski definition) is 0. The Kier molecular flexibility index (Phi) is 3.20. The van der Waals surface area contributed by atoms with Crippen LogP contribution in [-0.2, 0) is 27.2 Å². The Labute approximate surface area is 202 Å². The van der Waals surface area contributed by atoms with E-state index in [4.69, 9.17) is 4.98 Å². The summed E-state index contributed by atoms with van der Waals surface area (Å²) in [6, 6.07) is 11.7. The predicted octanol–water partition coefficient (Wildman–Crippen LogP) is 6.74. The molecule has 3 aliphatic rings. The van der Waals surface area contributed by atoms with Gasteiger partial charge < -0.3 is 0 Å². The zero-order chi connectivity index (χ0) is 24.4. The normalized spacial score (nSPS) is 28.2. The van der Waals surface area contributed by atoms with Gasteiger partial charge in [0.25, 0.3) is 5.65 Å². The highest BCUT2D eigenvalue weighted by Gasteiger charge is 2.75. The van der Waals surface area contributed by atoms with Crippen LogP contribution in [0.2, 0.25) is 0 Å². The minimum atomic E-state index is -0.135. The van der Waals surface area contributed by atoms with E-state index in [-0.39, 0.29) is 27.2 Å². The molecule has 0 radical (unpaired) electrons. The van der Waals surface area contributed by atoms with Crippen molar-refractivity contribution in [2.24, 2.45) is 0 Å². The molecule has 1 saturated carbocycles. The quantitative estimate of drug-likeness (QED) is 0.215. The van der Waals surface area contributed by atoms with Crippen molar-refractivity contribution in [3.63, 3.8) is 0 Å². The molecule has 1 aliphatic heterocycles. The second kappa shape index (κ2) is 5.27. The first kappa shape index (κ1) is 20.7. The van der Waals surface area contributed by atoms with Crippen LogP contribution in [0.1, 0.15) is 91.2 Å². The number of fused-ring (bicyclic) bond motifs is 7. The van der Waals surface area contributed by atoms with Gasteiger partial charge >= 0.3 is 0 Å². The average molecular weight is 451 g/mol. The van der Waals surface area contributed by atoms with E-state index in [1.807, 2.05) is 0 Å². The lowest BCUT2D eigenvalue weighted by Crippen LogP contribution is -2.51. The van der Waals surface area contributed by atoms with Gasteiger partial charge in [0.2, 0.25) is 5.82 Å². The van der Waals surface area contributed by atoms with E-state index in [1.165, 1.54) is 50.8 Å². The number of nitrogens with zero attached hydrogens (tertiary/aromatic N) is 3. The topological polar surface area (TPSA) is 21.2 Å². The smallest absolute Gasteiger partial charge is 0.212 e. The van der Waals surface area contributed by atoms with Crippen LogP contribution in [0.3, 0.4) is 0 Å². The van der Waals surface area contributed by atoms with Gasteiger partial charge in [-0.2, -0.15) is 4.40 Å². The fourth-order valence-electron chi connectivity index (χ4n) is 8.06. The number of hydrogen-bond acceptors (Lipinski definition) is 1. The Bertz CT molecular complexity index is 1660. The van der Waals surface area contributed by atoms with Crippen molar-refractivity contribution in [1.82, 2.24) is 9.38 Å². The van der Waals surface area contributed by atoms with Crippen LogP contribution in [0.15, 0.2) is 42.5 Å². The molecule has 2 aromatic carbocycles. The molecule has 3 nitrogen and oxygen atoms in total. The molecular weight excluding hydrogens is 414 g/mol. The molecule has 34 heavy (non-hydrogen) atoms. The van der Waals surface area contributed by atoms with E-state index in [1.54, 1.807) is 0 Å².